The molecule has 0 aromatic heterocycles. The third-order valence-corrected chi connectivity index (χ3v) is 7.34. The van der Waals surface area contributed by atoms with E-state index < -0.39 is 0 Å². The molecule has 31 heavy (non-hydrogen) atoms. The average Bonchev–Trinajstić information content (AvgIpc) is 3.26. The minimum atomic E-state index is -0.121. The van der Waals surface area contributed by atoms with Crippen molar-refractivity contribution in [2.45, 2.75) is 38.8 Å². The number of piperidine rings is 1. The molecule has 6 nitrogen and oxygen atoms in total. The van der Waals surface area contributed by atoms with E-state index in [4.69, 9.17) is 11.6 Å². The average molecular weight is 438 g/mol. The first kappa shape index (κ1) is 20.1. The van der Waals surface area contributed by atoms with Crippen molar-refractivity contribution in [1.29, 1.82) is 0 Å². The van der Waals surface area contributed by atoms with Gasteiger partial charge in [-0.25, -0.2) is 0 Å². The van der Waals surface area contributed by atoms with Crippen LogP contribution in [0.5, 0.6) is 0 Å². The van der Waals surface area contributed by atoms with Crippen molar-refractivity contribution < 1.29 is 14.4 Å². The van der Waals surface area contributed by atoms with Crippen molar-refractivity contribution in [3.63, 3.8) is 0 Å². The topological polar surface area (TPSA) is 78.5 Å². The summed E-state index contributed by atoms with van der Waals surface area (Å²) in [5.74, 6) is -0.197. The summed E-state index contributed by atoms with van der Waals surface area (Å²) >= 11 is 6.23. The number of likely N-dealkylation sites (tertiary alicyclic amines) is 1. The number of carbonyl (C=O) groups is 3. The maximum Gasteiger partial charge on any atom is 0.253 e. The van der Waals surface area contributed by atoms with E-state index in [1.807, 2.05) is 30.0 Å². The monoisotopic (exact) mass is 437 g/mol. The van der Waals surface area contributed by atoms with Crippen LogP contribution in [0.25, 0.3) is 0 Å². The van der Waals surface area contributed by atoms with Gasteiger partial charge in [0.2, 0.25) is 0 Å². The van der Waals surface area contributed by atoms with Gasteiger partial charge in [0.25, 0.3) is 17.7 Å². The predicted octanol–water partition coefficient (Wildman–Crippen LogP) is 3.32. The summed E-state index contributed by atoms with van der Waals surface area (Å²) in [6, 6.07) is 10.9. The normalized spacial score (nSPS) is 20.9. The molecule has 0 bridgehead atoms. The first-order valence-corrected chi connectivity index (χ1v) is 11.0. The molecule has 1 unspecified atom stereocenters. The minimum absolute atomic E-state index is 0.00456. The number of fused-ring (bicyclic) bond motifs is 1. The summed E-state index contributed by atoms with van der Waals surface area (Å²) in [5.41, 5.74) is 3.65. The smallest absolute Gasteiger partial charge is 0.253 e. The van der Waals surface area contributed by atoms with Crippen molar-refractivity contribution in [2.75, 3.05) is 13.1 Å². The Morgan fingerprint density at radius 1 is 1.19 bits per heavy atom. The molecule has 5 rings (SSSR count). The van der Waals surface area contributed by atoms with Gasteiger partial charge in [-0.15, -0.1) is 0 Å². The van der Waals surface area contributed by atoms with Gasteiger partial charge in [0.1, 0.15) is 0 Å². The van der Waals surface area contributed by atoms with E-state index in [-0.39, 0.29) is 29.2 Å². The molecule has 2 heterocycles. The zero-order valence-electron chi connectivity index (χ0n) is 17.3. The number of carbonyl (C=O) groups excluding carboxylic acids is 3. The SMILES string of the molecule is Cc1cccc(Cl)c1C(=O)NC1CC12CCN(C(=O)c1ccc3c(c1)CNC3=O)CC2. The van der Waals surface area contributed by atoms with Gasteiger partial charge in [0, 0.05) is 36.8 Å². The highest BCUT2D eigenvalue weighted by Gasteiger charge is 2.56. The minimum Gasteiger partial charge on any atom is -0.349 e. The molecule has 2 aromatic rings. The Labute approximate surface area is 185 Å². The van der Waals surface area contributed by atoms with Gasteiger partial charge >= 0.3 is 0 Å². The van der Waals surface area contributed by atoms with Gasteiger partial charge < -0.3 is 15.5 Å². The molecule has 160 valence electrons. The number of hydrogen-bond donors (Lipinski definition) is 2. The molecule has 2 fully saturated rings. The fraction of sp³-hybridized carbons (Fsp3) is 0.375. The Bertz CT molecular complexity index is 1080. The third-order valence-electron chi connectivity index (χ3n) is 7.03. The molecule has 1 saturated heterocycles. The second kappa shape index (κ2) is 7.38. The molecule has 1 spiro atoms. The number of rotatable bonds is 3. The van der Waals surface area contributed by atoms with Crippen LogP contribution in [0, 0.1) is 12.3 Å². The number of benzene rings is 2. The quantitative estimate of drug-likeness (QED) is 0.773. The lowest BCUT2D eigenvalue weighted by atomic mass is 9.92. The molecule has 0 radical (unpaired) electrons. The summed E-state index contributed by atoms with van der Waals surface area (Å²) in [5, 5.41) is 6.41. The largest absolute Gasteiger partial charge is 0.349 e. The van der Waals surface area contributed by atoms with E-state index in [0.29, 0.717) is 41.3 Å². The second-order valence-electron chi connectivity index (χ2n) is 8.87. The highest BCUT2D eigenvalue weighted by molar-refractivity contribution is 6.34. The lowest BCUT2D eigenvalue weighted by Gasteiger charge is -2.33. The van der Waals surface area contributed by atoms with Crippen LogP contribution in [0.4, 0.5) is 0 Å². The molecule has 2 aromatic carbocycles. The molecule has 1 atom stereocenters. The van der Waals surface area contributed by atoms with E-state index in [1.165, 1.54) is 0 Å². The first-order valence-electron chi connectivity index (χ1n) is 10.6. The Balaban J connectivity index is 1.20. The summed E-state index contributed by atoms with van der Waals surface area (Å²) in [4.78, 5) is 39.3. The maximum absolute atomic E-state index is 13.0. The van der Waals surface area contributed by atoms with E-state index in [1.54, 1.807) is 18.2 Å². The number of aryl methyl sites for hydroxylation is 1. The second-order valence-corrected chi connectivity index (χ2v) is 9.28. The van der Waals surface area contributed by atoms with Gasteiger partial charge in [-0.2, -0.15) is 0 Å². The Morgan fingerprint density at radius 3 is 2.71 bits per heavy atom. The van der Waals surface area contributed by atoms with Crippen LogP contribution in [-0.2, 0) is 6.54 Å². The number of hydrogen-bond acceptors (Lipinski definition) is 3. The lowest BCUT2D eigenvalue weighted by Crippen LogP contribution is -2.41. The third kappa shape index (κ3) is 3.49. The summed E-state index contributed by atoms with van der Waals surface area (Å²) in [6.07, 6.45) is 2.68. The van der Waals surface area contributed by atoms with Gasteiger partial charge in [0.05, 0.1) is 10.6 Å². The number of nitrogens with zero attached hydrogens (tertiary/aromatic N) is 1. The Kier molecular flexibility index (Phi) is 4.77. The van der Waals surface area contributed by atoms with E-state index in [0.717, 1.165) is 30.4 Å². The van der Waals surface area contributed by atoms with Crippen molar-refractivity contribution >= 4 is 29.3 Å². The van der Waals surface area contributed by atoms with Gasteiger partial charge in [-0.1, -0.05) is 23.7 Å². The van der Waals surface area contributed by atoms with Crippen LogP contribution in [0.3, 0.4) is 0 Å². The molecule has 2 aliphatic heterocycles. The fourth-order valence-corrected chi connectivity index (χ4v) is 5.26. The molecule has 1 saturated carbocycles. The molecule has 2 N–H and O–H groups in total. The molecular formula is C24H24ClN3O3. The van der Waals surface area contributed by atoms with Gasteiger partial charge in [-0.3, -0.25) is 14.4 Å². The van der Waals surface area contributed by atoms with Crippen LogP contribution >= 0.6 is 11.6 Å². The Hall–Kier alpha value is -2.86. The molecule has 3 aliphatic rings. The first-order chi connectivity index (χ1) is 14.9. The van der Waals surface area contributed by atoms with Gasteiger partial charge in [0.15, 0.2) is 0 Å². The standard InChI is InChI=1S/C24H24ClN3O3/c1-14-3-2-4-18(25)20(14)22(30)27-19-12-24(19)7-9-28(10-8-24)23(31)15-5-6-17-16(11-15)13-26-21(17)29/h2-6,11,19H,7-10,12-13H2,1H3,(H,26,29)(H,27,30). The van der Waals surface area contributed by atoms with Crippen molar-refractivity contribution in [2.24, 2.45) is 5.41 Å². The number of nitrogens with one attached hydrogen (secondary N) is 2. The van der Waals surface area contributed by atoms with Crippen LogP contribution in [-0.4, -0.2) is 41.8 Å². The van der Waals surface area contributed by atoms with E-state index in [2.05, 4.69) is 10.6 Å². The highest BCUT2D eigenvalue weighted by atomic mass is 35.5. The molecule has 3 amide bonds. The van der Waals surface area contributed by atoms with E-state index in [9.17, 15) is 14.4 Å². The zero-order valence-corrected chi connectivity index (χ0v) is 18.1. The van der Waals surface area contributed by atoms with Crippen LogP contribution in [0.2, 0.25) is 5.02 Å². The van der Waals surface area contributed by atoms with Crippen molar-refractivity contribution in [1.82, 2.24) is 15.5 Å². The summed E-state index contributed by atoms with van der Waals surface area (Å²) in [7, 11) is 0. The van der Waals surface area contributed by atoms with Crippen LogP contribution < -0.4 is 10.6 Å². The molecular weight excluding hydrogens is 414 g/mol. The van der Waals surface area contributed by atoms with Crippen molar-refractivity contribution in [3.8, 4) is 0 Å². The Morgan fingerprint density at radius 2 is 1.97 bits per heavy atom. The molecule has 1 aliphatic carbocycles. The van der Waals surface area contributed by atoms with Crippen molar-refractivity contribution in [3.05, 3.63) is 69.2 Å². The maximum atomic E-state index is 13.0. The predicted molar refractivity (Wildman–Crippen MR) is 117 cm³/mol. The zero-order chi connectivity index (χ0) is 21.8. The lowest BCUT2D eigenvalue weighted by molar-refractivity contribution is 0.0667. The molecule has 7 heteroatoms. The summed E-state index contributed by atoms with van der Waals surface area (Å²) < 4.78 is 0. The number of halogens is 1. The highest BCUT2D eigenvalue weighted by Crippen LogP contribution is 2.54. The van der Waals surface area contributed by atoms with E-state index >= 15 is 0 Å². The fourth-order valence-electron chi connectivity index (χ4n) is 4.96. The van der Waals surface area contributed by atoms with Gasteiger partial charge in [-0.05, 0) is 67.0 Å². The number of amides is 3. The summed E-state index contributed by atoms with van der Waals surface area (Å²) in [6.45, 7) is 3.71. The van der Waals surface area contributed by atoms with Crippen LogP contribution in [0.1, 0.15) is 61.5 Å². The van der Waals surface area contributed by atoms with Crippen LogP contribution in [0.15, 0.2) is 36.4 Å².